The van der Waals surface area contributed by atoms with E-state index < -0.39 is 24.5 Å². The number of nitrogens with zero attached hydrogens (tertiary/aromatic N) is 4. The minimum atomic E-state index is -0.691. The molecule has 4 aromatic heterocycles. The summed E-state index contributed by atoms with van der Waals surface area (Å²) in [6.07, 6.45) is 7.97. The van der Waals surface area contributed by atoms with E-state index >= 15 is 0 Å². The van der Waals surface area contributed by atoms with Gasteiger partial charge in [0.15, 0.2) is 16.7 Å². The van der Waals surface area contributed by atoms with E-state index in [-0.39, 0.29) is 5.15 Å². The zero-order valence-electron chi connectivity index (χ0n) is 16.4. The first-order chi connectivity index (χ1) is 15.6. The number of aromatic nitrogens is 2. The van der Waals surface area contributed by atoms with Crippen LogP contribution in [0, 0.1) is 0 Å². The van der Waals surface area contributed by atoms with Crippen LogP contribution in [-0.4, -0.2) is 38.6 Å². The molecule has 5 rings (SSSR count). The van der Waals surface area contributed by atoms with Crippen molar-refractivity contribution in [1.29, 1.82) is 0 Å². The quantitative estimate of drug-likeness (QED) is 0.309. The van der Waals surface area contributed by atoms with Gasteiger partial charge in [-0.2, -0.15) is 5.10 Å². The Balaban J connectivity index is 1.27. The Morgan fingerprint density at radius 1 is 1.28 bits per heavy atom. The summed E-state index contributed by atoms with van der Waals surface area (Å²) in [5, 5.41) is 7.77. The molecule has 4 aromatic rings. The minimum Gasteiger partial charge on any atom is -0.467 e. The van der Waals surface area contributed by atoms with Crippen LogP contribution in [0.3, 0.4) is 0 Å². The Morgan fingerprint density at radius 2 is 2.12 bits per heavy atom. The van der Waals surface area contributed by atoms with Crippen LogP contribution in [0.1, 0.15) is 29.7 Å². The molecule has 0 N–H and O–H groups in total. The number of ether oxygens (including phenoxy) is 1. The number of carbonyl (C=O) groups is 2. The fraction of sp³-hybridized carbons (Fsp3) is 0.143. The SMILES string of the molecule is O=C(C=Cc1c(Cl)nc2sccn12)OCC(=O)N1N=C(c2ccco2)CC1c1ccco1. The highest BCUT2D eigenvalue weighted by Gasteiger charge is 2.36. The van der Waals surface area contributed by atoms with E-state index in [1.54, 1.807) is 34.9 Å². The summed E-state index contributed by atoms with van der Waals surface area (Å²) < 4.78 is 17.8. The number of rotatable bonds is 6. The number of hydrazone groups is 1. The Hall–Kier alpha value is -3.63. The van der Waals surface area contributed by atoms with Crippen LogP contribution < -0.4 is 0 Å². The van der Waals surface area contributed by atoms with Gasteiger partial charge in [-0.25, -0.2) is 14.8 Å². The molecule has 0 aliphatic carbocycles. The van der Waals surface area contributed by atoms with Crippen LogP contribution in [-0.2, 0) is 14.3 Å². The molecule has 0 spiro atoms. The van der Waals surface area contributed by atoms with Gasteiger partial charge in [0.2, 0.25) is 0 Å². The summed E-state index contributed by atoms with van der Waals surface area (Å²) >= 11 is 7.53. The fourth-order valence-corrected chi connectivity index (χ4v) is 4.36. The second-order valence-electron chi connectivity index (χ2n) is 6.78. The van der Waals surface area contributed by atoms with Crippen molar-refractivity contribution in [1.82, 2.24) is 14.4 Å². The average molecular weight is 471 g/mol. The first-order valence-electron chi connectivity index (χ1n) is 9.53. The van der Waals surface area contributed by atoms with Gasteiger partial charge in [0, 0.05) is 24.1 Å². The maximum Gasteiger partial charge on any atom is 0.331 e. The van der Waals surface area contributed by atoms with Gasteiger partial charge in [0.1, 0.15) is 23.3 Å². The summed E-state index contributed by atoms with van der Waals surface area (Å²) in [5.74, 6) is -0.0415. The van der Waals surface area contributed by atoms with Crippen LogP contribution in [0.25, 0.3) is 11.0 Å². The number of fused-ring (bicyclic) bond motifs is 1. The normalized spacial score (nSPS) is 16.2. The molecular formula is C21H15ClN4O5S. The van der Waals surface area contributed by atoms with Gasteiger partial charge < -0.3 is 13.6 Å². The van der Waals surface area contributed by atoms with Crippen LogP contribution in [0.4, 0.5) is 0 Å². The van der Waals surface area contributed by atoms with E-state index in [1.165, 1.54) is 41.0 Å². The first kappa shape index (κ1) is 20.3. The largest absolute Gasteiger partial charge is 0.467 e. The van der Waals surface area contributed by atoms with Gasteiger partial charge in [-0.1, -0.05) is 11.6 Å². The molecule has 162 valence electrons. The van der Waals surface area contributed by atoms with Crippen molar-refractivity contribution in [2.45, 2.75) is 12.5 Å². The highest BCUT2D eigenvalue weighted by molar-refractivity contribution is 7.15. The number of amides is 1. The van der Waals surface area contributed by atoms with Crippen LogP contribution in [0.5, 0.6) is 0 Å². The summed E-state index contributed by atoms with van der Waals surface area (Å²) in [6, 6.07) is 6.56. The monoisotopic (exact) mass is 470 g/mol. The molecule has 32 heavy (non-hydrogen) atoms. The summed E-state index contributed by atoms with van der Waals surface area (Å²) in [7, 11) is 0. The van der Waals surface area contributed by atoms with Crippen molar-refractivity contribution < 1.29 is 23.2 Å². The molecular weight excluding hydrogens is 456 g/mol. The number of halogens is 1. The average Bonchev–Trinajstić information content (AvgIpc) is 3.57. The molecule has 0 radical (unpaired) electrons. The van der Waals surface area contributed by atoms with Crippen molar-refractivity contribution in [2.75, 3.05) is 6.61 Å². The van der Waals surface area contributed by atoms with Gasteiger partial charge in [-0.05, 0) is 30.3 Å². The van der Waals surface area contributed by atoms with Crippen molar-refractivity contribution >= 4 is 51.6 Å². The first-order valence-corrected chi connectivity index (χ1v) is 10.8. The molecule has 11 heteroatoms. The van der Waals surface area contributed by atoms with Crippen molar-refractivity contribution in [3.05, 3.63) is 76.8 Å². The second kappa shape index (κ2) is 8.48. The smallest absolute Gasteiger partial charge is 0.331 e. The van der Waals surface area contributed by atoms with E-state index in [4.69, 9.17) is 25.2 Å². The lowest BCUT2D eigenvalue weighted by atomic mass is 10.1. The van der Waals surface area contributed by atoms with E-state index in [9.17, 15) is 9.59 Å². The number of hydrogen-bond acceptors (Lipinski definition) is 8. The van der Waals surface area contributed by atoms with Gasteiger partial charge in [0.25, 0.3) is 5.91 Å². The van der Waals surface area contributed by atoms with Crippen molar-refractivity contribution in [3.63, 3.8) is 0 Å². The van der Waals surface area contributed by atoms with E-state index in [0.29, 0.717) is 34.3 Å². The molecule has 0 aromatic carbocycles. The minimum absolute atomic E-state index is 0.273. The Labute approximate surface area is 190 Å². The summed E-state index contributed by atoms with van der Waals surface area (Å²) in [5.41, 5.74) is 1.16. The number of carbonyl (C=O) groups excluding carboxylic acids is 2. The van der Waals surface area contributed by atoms with Gasteiger partial charge in [-0.15, -0.1) is 11.3 Å². The molecule has 1 unspecified atom stereocenters. The van der Waals surface area contributed by atoms with Crippen molar-refractivity contribution in [2.24, 2.45) is 5.10 Å². The molecule has 9 nitrogen and oxygen atoms in total. The lowest BCUT2D eigenvalue weighted by Crippen LogP contribution is -2.31. The third-order valence-corrected chi connectivity index (χ3v) is 5.85. The highest BCUT2D eigenvalue weighted by Crippen LogP contribution is 2.33. The standard InChI is InChI=1S/C21H15ClN4O5S/c22-20-14(25-7-10-32-21(25)23-20)5-6-19(28)31-12-18(27)26-15(17-4-2-9-30-17)11-13(24-26)16-3-1-8-29-16/h1-10,15H,11-12H2. The summed E-state index contributed by atoms with van der Waals surface area (Å²) in [6.45, 7) is -0.483. The molecule has 0 bridgehead atoms. The molecule has 1 aliphatic rings. The number of imidazole rings is 1. The second-order valence-corrected chi connectivity index (χ2v) is 8.01. The molecule has 0 fully saturated rings. The Kier molecular flexibility index (Phi) is 5.38. The summed E-state index contributed by atoms with van der Waals surface area (Å²) in [4.78, 5) is 29.9. The van der Waals surface area contributed by atoms with E-state index in [2.05, 4.69) is 10.1 Å². The van der Waals surface area contributed by atoms with Crippen LogP contribution in [0.15, 0.2) is 68.4 Å². The van der Waals surface area contributed by atoms with Gasteiger partial charge >= 0.3 is 5.97 Å². The number of esters is 1. The third-order valence-electron chi connectivity index (χ3n) is 4.81. The number of hydrogen-bond donors (Lipinski definition) is 0. The molecule has 1 atom stereocenters. The predicted octanol–water partition coefficient (Wildman–Crippen LogP) is 4.17. The van der Waals surface area contributed by atoms with E-state index in [1.807, 2.05) is 5.38 Å². The predicted molar refractivity (Wildman–Crippen MR) is 116 cm³/mol. The van der Waals surface area contributed by atoms with Gasteiger partial charge in [0.05, 0.1) is 18.2 Å². The topological polar surface area (TPSA) is 103 Å². The maximum absolute atomic E-state index is 12.8. The lowest BCUT2D eigenvalue weighted by Gasteiger charge is -2.19. The lowest BCUT2D eigenvalue weighted by molar-refractivity contribution is -0.149. The third kappa shape index (κ3) is 3.85. The van der Waals surface area contributed by atoms with Crippen molar-refractivity contribution in [3.8, 4) is 0 Å². The fourth-order valence-electron chi connectivity index (χ4n) is 3.35. The number of thiazole rings is 1. The van der Waals surface area contributed by atoms with E-state index in [0.717, 1.165) is 0 Å². The van der Waals surface area contributed by atoms with Gasteiger partial charge in [-0.3, -0.25) is 9.20 Å². The number of furan rings is 2. The molecule has 5 heterocycles. The molecule has 1 aliphatic heterocycles. The van der Waals surface area contributed by atoms with Crippen LogP contribution in [0.2, 0.25) is 5.15 Å². The maximum atomic E-state index is 12.8. The molecule has 1 amide bonds. The molecule has 0 saturated carbocycles. The Bertz CT molecular complexity index is 1320. The molecule has 0 saturated heterocycles. The van der Waals surface area contributed by atoms with Crippen LogP contribution >= 0.6 is 22.9 Å². The highest BCUT2D eigenvalue weighted by atomic mass is 35.5. The zero-order valence-corrected chi connectivity index (χ0v) is 18.0. The Morgan fingerprint density at radius 3 is 2.91 bits per heavy atom. The zero-order chi connectivity index (χ0) is 22.1.